The summed E-state index contributed by atoms with van der Waals surface area (Å²) in [5.74, 6) is 0. The Morgan fingerprint density at radius 2 is 1.62 bits per heavy atom. The minimum atomic E-state index is 0.222. The van der Waals surface area contributed by atoms with Crippen LogP contribution in [0.25, 0.3) is 0 Å². The zero-order valence-corrected chi connectivity index (χ0v) is 12.8. The molecule has 1 unspecified atom stereocenters. The van der Waals surface area contributed by atoms with Crippen LogP contribution in [0, 0.1) is 0 Å². The maximum Gasteiger partial charge on any atom is 0.0580 e. The van der Waals surface area contributed by atoms with Crippen molar-refractivity contribution in [3.05, 3.63) is 90.5 Å². The van der Waals surface area contributed by atoms with Crippen LogP contribution in [-0.2, 0) is 0 Å². The van der Waals surface area contributed by atoms with E-state index in [-0.39, 0.29) is 6.04 Å². The van der Waals surface area contributed by atoms with Crippen LogP contribution in [-0.4, -0.2) is 6.54 Å². The van der Waals surface area contributed by atoms with Gasteiger partial charge in [0, 0.05) is 17.3 Å². The SMILES string of the molecule is C=CCC(c1ccc(Cl)cc1)N(CC=C)c1ccccc1. The standard InChI is InChI=1S/C19H20ClN/c1-3-8-19(16-11-13-17(20)14-12-16)21(15-4-2)18-9-6-5-7-10-18/h3-7,9-14,19H,1-2,8,15H2. The molecular weight excluding hydrogens is 278 g/mol. The Kier molecular flexibility index (Phi) is 5.65. The second-order valence-electron chi connectivity index (χ2n) is 4.87. The first-order valence-corrected chi connectivity index (χ1v) is 7.43. The van der Waals surface area contributed by atoms with Gasteiger partial charge in [-0.1, -0.05) is 54.1 Å². The highest BCUT2D eigenvalue weighted by atomic mass is 35.5. The van der Waals surface area contributed by atoms with E-state index in [4.69, 9.17) is 11.6 Å². The van der Waals surface area contributed by atoms with Gasteiger partial charge in [-0.15, -0.1) is 13.2 Å². The Morgan fingerprint density at radius 3 is 2.19 bits per heavy atom. The van der Waals surface area contributed by atoms with Crippen LogP contribution in [0.3, 0.4) is 0 Å². The van der Waals surface area contributed by atoms with Crippen LogP contribution in [0.5, 0.6) is 0 Å². The van der Waals surface area contributed by atoms with Crippen molar-refractivity contribution in [2.24, 2.45) is 0 Å². The van der Waals surface area contributed by atoms with Crippen molar-refractivity contribution in [2.45, 2.75) is 12.5 Å². The molecule has 1 atom stereocenters. The van der Waals surface area contributed by atoms with Crippen molar-refractivity contribution in [1.82, 2.24) is 0 Å². The molecule has 0 N–H and O–H groups in total. The third-order valence-electron chi connectivity index (χ3n) is 3.43. The number of para-hydroxylation sites is 1. The average molecular weight is 298 g/mol. The van der Waals surface area contributed by atoms with Crippen LogP contribution in [0.15, 0.2) is 79.9 Å². The molecule has 21 heavy (non-hydrogen) atoms. The zero-order valence-electron chi connectivity index (χ0n) is 12.1. The van der Waals surface area contributed by atoms with E-state index >= 15 is 0 Å². The van der Waals surface area contributed by atoms with Crippen molar-refractivity contribution >= 4 is 17.3 Å². The van der Waals surface area contributed by atoms with Gasteiger partial charge < -0.3 is 4.90 Å². The van der Waals surface area contributed by atoms with Crippen LogP contribution in [0.4, 0.5) is 5.69 Å². The van der Waals surface area contributed by atoms with E-state index in [1.165, 1.54) is 11.3 Å². The topological polar surface area (TPSA) is 3.24 Å². The summed E-state index contributed by atoms with van der Waals surface area (Å²) < 4.78 is 0. The van der Waals surface area contributed by atoms with Gasteiger partial charge in [0.1, 0.15) is 0 Å². The molecule has 1 nitrogen and oxygen atoms in total. The summed E-state index contributed by atoms with van der Waals surface area (Å²) in [4.78, 5) is 2.33. The largest absolute Gasteiger partial charge is 0.360 e. The molecule has 0 saturated heterocycles. The van der Waals surface area contributed by atoms with Gasteiger partial charge in [-0.05, 0) is 36.2 Å². The Hall–Kier alpha value is -1.99. The average Bonchev–Trinajstić information content (AvgIpc) is 2.53. The van der Waals surface area contributed by atoms with Gasteiger partial charge in [0.25, 0.3) is 0 Å². The highest BCUT2D eigenvalue weighted by Crippen LogP contribution is 2.30. The monoisotopic (exact) mass is 297 g/mol. The molecule has 0 aliphatic heterocycles. The van der Waals surface area contributed by atoms with Gasteiger partial charge in [0.2, 0.25) is 0 Å². The lowest BCUT2D eigenvalue weighted by Gasteiger charge is -2.33. The van der Waals surface area contributed by atoms with Crippen LogP contribution in [0.2, 0.25) is 5.02 Å². The first-order valence-electron chi connectivity index (χ1n) is 7.05. The number of benzene rings is 2. The molecule has 0 heterocycles. The van der Waals surface area contributed by atoms with Crippen LogP contribution < -0.4 is 4.90 Å². The van der Waals surface area contributed by atoms with Crippen molar-refractivity contribution in [3.63, 3.8) is 0 Å². The van der Waals surface area contributed by atoms with E-state index in [1.807, 2.05) is 30.4 Å². The summed E-state index contributed by atoms with van der Waals surface area (Å²) in [5, 5.41) is 0.756. The second kappa shape index (κ2) is 7.70. The van der Waals surface area contributed by atoms with Crippen molar-refractivity contribution in [2.75, 3.05) is 11.4 Å². The van der Waals surface area contributed by atoms with E-state index in [9.17, 15) is 0 Å². The third-order valence-corrected chi connectivity index (χ3v) is 3.69. The Morgan fingerprint density at radius 1 is 0.952 bits per heavy atom. The minimum Gasteiger partial charge on any atom is -0.360 e. The lowest BCUT2D eigenvalue weighted by molar-refractivity contribution is 0.657. The first-order chi connectivity index (χ1) is 10.3. The maximum atomic E-state index is 6.00. The van der Waals surface area contributed by atoms with Crippen LogP contribution in [0.1, 0.15) is 18.0 Å². The number of hydrogen-bond acceptors (Lipinski definition) is 1. The summed E-state index contributed by atoms with van der Waals surface area (Å²) in [6.07, 6.45) is 4.75. The number of halogens is 1. The summed E-state index contributed by atoms with van der Waals surface area (Å²) in [6, 6.07) is 18.6. The smallest absolute Gasteiger partial charge is 0.0580 e. The van der Waals surface area contributed by atoms with Gasteiger partial charge in [0.15, 0.2) is 0 Å². The molecule has 2 aromatic rings. The molecule has 0 radical (unpaired) electrons. The molecule has 0 spiro atoms. The summed E-state index contributed by atoms with van der Waals surface area (Å²) >= 11 is 6.00. The molecule has 2 aromatic carbocycles. The molecule has 0 aliphatic rings. The highest BCUT2D eigenvalue weighted by molar-refractivity contribution is 6.30. The Balaban J connectivity index is 2.39. The van der Waals surface area contributed by atoms with Gasteiger partial charge >= 0.3 is 0 Å². The molecule has 0 fully saturated rings. The summed E-state index contributed by atoms with van der Waals surface area (Å²) in [5.41, 5.74) is 2.41. The summed E-state index contributed by atoms with van der Waals surface area (Å²) in [6.45, 7) is 8.57. The molecule has 2 heteroatoms. The Bertz CT molecular complexity index is 574. The number of nitrogens with zero attached hydrogens (tertiary/aromatic N) is 1. The fourth-order valence-electron chi connectivity index (χ4n) is 2.46. The van der Waals surface area contributed by atoms with Gasteiger partial charge in [-0.2, -0.15) is 0 Å². The lowest BCUT2D eigenvalue weighted by Crippen LogP contribution is -2.28. The van der Waals surface area contributed by atoms with E-state index in [0.29, 0.717) is 0 Å². The summed E-state index contributed by atoms with van der Waals surface area (Å²) in [7, 11) is 0. The number of anilines is 1. The van der Waals surface area contributed by atoms with E-state index in [0.717, 1.165) is 18.0 Å². The van der Waals surface area contributed by atoms with Gasteiger partial charge in [0.05, 0.1) is 6.04 Å². The second-order valence-corrected chi connectivity index (χ2v) is 5.30. The number of hydrogen-bond donors (Lipinski definition) is 0. The highest BCUT2D eigenvalue weighted by Gasteiger charge is 2.18. The maximum absolute atomic E-state index is 6.00. The first kappa shape index (κ1) is 15.4. The molecule has 2 rings (SSSR count). The number of rotatable bonds is 7. The zero-order chi connectivity index (χ0) is 15.1. The van der Waals surface area contributed by atoms with Gasteiger partial charge in [-0.3, -0.25) is 0 Å². The van der Waals surface area contributed by atoms with E-state index < -0.39 is 0 Å². The Labute approximate surface area is 132 Å². The third kappa shape index (κ3) is 3.99. The molecule has 0 amide bonds. The normalized spacial score (nSPS) is 11.7. The molecule has 0 saturated carbocycles. The fraction of sp³-hybridized carbons (Fsp3) is 0.158. The van der Waals surface area contributed by atoms with E-state index in [2.05, 4.69) is 54.5 Å². The molecule has 0 aliphatic carbocycles. The lowest BCUT2D eigenvalue weighted by atomic mass is 10.0. The molecule has 108 valence electrons. The van der Waals surface area contributed by atoms with E-state index in [1.54, 1.807) is 0 Å². The predicted octanol–water partition coefficient (Wildman–Crippen LogP) is 5.65. The quantitative estimate of drug-likeness (QED) is 0.597. The minimum absolute atomic E-state index is 0.222. The predicted molar refractivity (Wildman–Crippen MR) is 93.0 cm³/mol. The van der Waals surface area contributed by atoms with Gasteiger partial charge in [-0.25, -0.2) is 0 Å². The fourth-order valence-corrected chi connectivity index (χ4v) is 2.58. The molecule has 0 bridgehead atoms. The van der Waals surface area contributed by atoms with Crippen LogP contribution >= 0.6 is 11.6 Å². The van der Waals surface area contributed by atoms with Crippen molar-refractivity contribution in [3.8, 4) is 0 Å². The van der Waals surface area contributed by atoms with Crippen molar-refractivity contribution < 1.29 is 0 Å². The van der Waals surface area contributed by atoms with Crippen molar-refractivity contribution in [1.29, 1.82) is 0 Å². The molecular formula is C19H20ClN. The molecule has 0 aromatic heterocycles.